The largest absolute Gasteiger partial charge is 0.497 e. The Labute approximate surface area is 266 Å². The molecule has 7 rings (SSSR count). The molecule has 0 radical (unpaired) electrons. The maximum atomic E-state index is 13.1. The van der Waals surface area contributed by atoms with Gasteiger partial charge < -0.3 is 24.6 Å². The van der Waals surface area contributed by atoms with Gasteiger partial charge in [-0.25, -0.2) is 0 Å². The number of carbonyl (C=O) groups excluding carboxylic acids is 1. The first kappa shape index (κ1) is 29.0. The molecule has 0 saturated carbocycles. The lowest BCUT2D eigenvalue weighted by molar-refractivity contribution is -0.120. The minimum atomic E-state index is -0.253. The Morgan fingerprint density at radius 3 is 2.37 bits per heavy atom. The van der Waals surface area contributed by atoms with E-state index in [1.165, 1.54) is 10.9 Å². The number of hydrogen-bond acceptors (Lipinski definition) is 5. The van der Waals surface area contributed by atoms with E-state index in [0.29, 0.717) is 19.5 Å². The number of pyridine rings is 1. The van der Waals surface area contributed by atoms with Crippen molar-refractivity contribution in [2.75, 3.05) is 13.7 Å². The van der Waals surface area contributed by atoms with E-state index in [1.807, 2.05) is 54.7 Å². The monoisotopic (exact) mass is 609 g/mol. The molecule has 46 heavy (non-hydrogen) atoms. The molecule has 4 aromatic heterocycles. The van der Waals surface area contributed by atoms with Gasteiger partial charge in [0.25, 0.3) is 0 Å². The van der Waals surface area contributed by atoms with Crippen molar-refractivity contribution in [1.82, 2.24) is 35.0 Å². The van der Waals surface area contributed by atoms with Gasteiger partial charge in [0, 0.05) is 59.1 Å². The molecule has 4 heterocycles. The number of aromatic nitrogens is 6. The van der Waals surface area contributed by atoms with Crippen LogP contribution in [0.15, 0.2) is 110 Å². The van der Waals surface area contributed by atoms with Crippen LogP contribution in [-0.2, 0) is 30.6 Å². The van der Waals surface area contributed by atoms with E-state index in [-0.39, 0.29) is 18.2 Å². The summed E-state index contributed by atoms with van der Waals surface area (Å²) in [5.74, 6) is 2.15. The van der Waals surface area contributed by atoms with Crippen molar-refractivity contribution in [3.05, 3.63) is 144 Å². The van der Waals surface area contributed by atoms with Gasteiger partial charge in [0.1, 0.15) is 17.4 Å². The molecule has 9 nitrogen and oxygen atoms in total. The van der Waals surface area contributed by atoms with Crippen molar-refractivity contribution in [2.45, 2.75) is 31.7 Å². The number of methoxy groups -OCH3 is 1. The number of ether oxygens (including phenoxy) is 1. The van der Waals surface area contributed by atoms with E-state index in [1.54, 1.807) is 13.3 Å². The fourth-order valence-corrected chi connectivity index (χ4v) is 6.13. The Bertz CT molecular complexity index is 2080. The molecule has 1 unspecified atom stereocenters. The molecule has 3 aromatic carbocycles. The smallest absolute Gasteiger partial charge is 0.226 e. The van der Waals surface area contributed by atoms with Gasteiger partial charge in [0.05, 0.1) is 26.0 Å². The molecular weight excluding hydrogens is 574 g/mol. The van der Waals surface area contributed by atoms with E-state index in [4.69, 9.17) is 14.9 Å². The lowest BCUT2D eigenvalue weighted by atomic mass is 9.97. The van der Waals surface area contributed by atoms with Gasteiger partial charge in [0.15, 0.2) is 0 Å². The minimum absolute atomic E-state index is 0.0932. The third-order valence-electron chi connectivity index (χ3n) is 8.53. The summed E-state index contributed by atoms with van der Waals surface area (Å²) < 4.78 is 7.63. The number of carbonyl (C=O) groups is 1. The van der Waals surface area contributed by atoms with Crippen LogP contribution in [0.2, 0.25) is 0 Å². The van der Waals surface area contributed by atoms with E-state index in [0.717, 1.165) is 57.1 Å². The second-order valence-corrected chi connectivity index (χ2v) is 11.4. The Morgan fingerprint density at radius 2 is 1.59 bits per heavy atom. The molecule has 230 valence electrons. The van der Waals surface area contributed by atoms with Gasteiger partial charge in [-0.1, -0.05) is 54.6 Å². The van der Waals surface area contributed by atoms with Crippen LogP contribution in [0.1, 0.15) is 40.0 Å². The molecule has 7 aromatic rings. The van der Waals surface area contributed by atoms with E-state index >= 15 is 0 Å². The highest BCUT2D eigenvalue weighted by atomic mass is 16.5. The van der Waals surface area contributed by atoms with Gasteiger partial charge in [0.2, 0.25) is 5.91 Å². The molecule has 3 N–H and O–H groups in total. The zero-order valence-corrected chi connectivity index (χ0v) is 25.6. The third-order valence-corrected chi connectivity index (χ3v) is 8.53. The van der Waals surface area contributed by atoms with Crippen LogP contribution in [0.25, 0.3) is 21.8 Å². The van der Waals surface area contributed by atoms with Crippen LogP contribution in [-0.4, -0.2) is 49.3 Å². The van der Waals surface area contributed by atoms with Crippen LogP contribution in [0, 0.1) is 0 Å². The molecule has 1 atom stereocenters. The van der Waals surface area contributed by atoms with Gasteiger partial charge in [-0.2, -0.15) is 0 Å². The van der Waals surface area contributed by atoms with Crippen LogP contribution in [0.4, 0.5) is 0 Å². The maximum absolute atomic E-state index is 13.1. The molecule has 1 amide bonds. The number of hydrogen-bond donors (Lipinski definition) is 3. The molecule has 9 heteroatoms. The predicted molar refractivity (Wildman–Crippen MR) is 179 cm³/mol. The first-order valence-corrected chi connectivity index (χ1v) is 15.5. The molecule has 0 aliphatic heterocycles. The van der Waals surface area contributed by atoms with E-state index in [9.17, 15) is 4.79 Å². The Morgan fingerprint density at radius 1 is 0.848 bits per heavy atom. The Hall–Kier alpha value is -5.70. The van der Waals surface area contributed by atoms with E-state index < -0.39 is 0 Å². The van der Waals surface area contributed by atoms with Gasteiger partial charge in [-0.3, -0.25) is 9.78 Å². The van der Waals surface area contributed by atoms with Gasteiger partial charge in [-0.15, -0.1) is 10.2 Å². The third kappa shape index (κ3) is 6.12. The highest BCUT2D eigenvalue weighted by Crippen LogP contribution is 2.31. The summed E-state index contributed by atoms with van der Waals surface area (Å²) in [7, 11) is 1.67. The van der Waals surface area contributed by atoms with Crippen molar-refractivity contribution in [1.29, 1.82) is 0 Å². The number of fused-ring (bicyclic) bond motifs is 2. The van der Waals surface area contributed by atoms with Crippen LogP contribution in [0.5, 0.6) is 5.75 Å². The number of nitrogens with one attached hydrogen (secondary N) is 3. The molecule has 0 spiro atoms. The lowest BCUT2D eigenvalue weighted by Gasteiger charge is -2.20. The van der Waals surface area contributed by atoms with Crippen molar-refractivity contribution in [2.24, 2.45) is 0 Å². The standard InChI is InChI=1S/C37H35N7O2/c1-46-28-16-13-25(14-17-28)24-44-35(18-15-26-21-39-33-11-4-2-9-29(26)33)42-43-37(44)32(31-22-40-34-12-5-3-10-30(31)34)23-41-36(45)20-27-8-6-7-19-38-27/h2-14,16-17,19,21-22,32,39-40H,15,18,20,23-24H2,1H3,(H,41,45). The molecule has 0 fully saturated rings. The number of amides is 1. The Kier molecular flexibility index (Phi) is 8.28. The highest BCUT2D eigenvalue weighted by molar-refractivity contribution is 5.85. The zero-order chi connectivity index (χ0) is 31.3. The summed E-state index contributed by atoms with van der Waals surface area (Å²) in [6, 6.07) is 30.3. The fourth-order valence-electron chi connectivity index (χ4n) is 6.13. The predicted octanol–water partition coefficient (Wildman–Crippen LogP) is 5.97. The fraction of sp³-hybridized carbons (Fsp3) is 0.189. The summed E-state index contributed by atoms with van der Waals surface area (Å²) >= 11 is 0. The summed E-state index contributed by atoms with van der Waals surface area (Å²) in [6.07, 6.45) is 7.54. The number of nitrogens with zero attached hydrogens (tertiary/aromatic N) is 4. The quantitative estimate of drug-likeness (QED) is 0.158. The van der Waals surface area contributed by atoms with Crippen LogP contribution >= 0.6 is 0 Å². The highest BCUT2D eigenvalue weighted by Gasteiger charge is 2.26. The van der Waals surface area contributed by atoms with Crippen LogP contribution in [0.3, 0.4) is 0 Å². The Balaban J connectivity index is 1.25. The average molecular weight is 610 g/mol. The summed E-state index contributed by atoms with van der Waals surface area (Å²) in [5, 5.41) is 15.1. The number of aromatic amines is 2. The summed E-state index contributed by atoms with van der Waals surface area (Å²) in [5.41, 5.74) is 6.28. The lowest BCUT2D eigenvalue weighted by Crippen LogP contribution is -2.31. The van der Waals surface area contributed by atoms with Crippen molar-refractivity contribution in [3.8, 4) is 5.75 Å². The van der Waals surface area contributed by atoms with Crippen molar-refractivity contribution >= 4 is 27.7 Å². The normalized spacial score (nSPS) is 12.0. The SMILES string of the molecule is COc1ccc(Cn2c(CCc3c[nH]c4ccccc34)nnc2C(CNC(=O)Cc2ccccn2)c2c[nH]c3ccccc23)cc1. The maximum Gasteiger partial charge on any atom is 0.226 e. The topological polar surface area (TPSA) is 114 Å². The van der Waals surface area contributed by atoms with E-state index in [2.05, 4.69) is 73.5 Å². The molecule has 0 aliphatic rings. The molecule has 0 bridgehead atoms. The number of para-hydroxylation sites is 2. The number of rotatable bonds is 12. The van der Waals surface area contributed by atoms with Crippen LogP contribution < -0.4 is 10.1 Å². The minimum Gasteiger partial charge on any atom is -0.497 e. The van der Waals surface area contributed by atoms with Gasteiger partial charge in [-0.05, 0) is 59.5 Å². The zero-order valence-electron chi connectivity index (χ0n) is 25.6. The number of benzene rings is 3. The second-order valence-electron chi connectivity index (χ2n) is 11.4. The molecule has 0 aliphatic carbocycles. The van der Waals surface area contributed by atoms with Crippen molar-refractivity contribution < 1.29 is 9.53 Å². The molecule has 0 saturated heterocycles. The summed E-state index contributed by atoms with van der Waals surface area (Å²) in [4.78, 5) is 24.3. The number of aryl methyl sites for hydroxylation is 2. The first-order valence-electron chi connectivity index (χ1n) is 15.5. The van der Waals surface area contributed by atoms with Crippen molar-refractivity contribution in [3.63, 3.8) is 0 Å². The second kappa shape index (κ2) is 13.1. The van der Waals surface area contributed by atoms with Gasteiger partial charge >= 0.3 is 0 Å². The molecular formula is C37H35N7O2. The number of H-pyrrole nitrogens is 2. The average Bonchev–Trinajstić information content (AvgIpc) is 3.82. The first-order chi connectivity index (χ1) is 22.7. The summed E-state index contributed by atoms with van der Waals surface area (Å²) in [6.45, 7) is 0.937.